The summed E-state index contributed by atoms with van der Waals surface area (Å²) in [6.07, 6.45) is 0. The molecule has 1 aromatic heterocycles. The highest BCUT2D eigenvalue weighted by Gasteiger charge is 2.16. The second kappa shape index (κ2) is 5.62. The zero-order valence-corrected chi connectivity index (χ0v) is 10.8. The van der Waals surface area contributed by atoms with Crippen molar-refractivity contribution in [2.45, 2.75) is 26.5 Å². The molecular weight excluding hydrogens is 246 g/mol. The maximum absolute atomic E-state index is 12.0. The lowest BCUT2D eigenvalue weighted by Crippen LogP contribution is -2.26. The molecule has 2 rings (SSSR count). The molecule has 0 saturated carbocycles. The van der Waals surface area contributed by atoms with Crippen molar-refractivity contribution >= 4 is 5.91 Å². The van der Waals surface area contributed by atoms with Gasteiger partial charge in [0.15, 0.2) is 0 Å². The molecule has 0 spiro atoms. The van der Waals surface area contributed by atoms with Crippen LogP contribution in [0.25, 0.3) is 0 Å². The average Bonchev–Trinajstić information content (AvgIpc) is 2.85. The number of aliphatic hydroxyl groups excluding tert-OH is 1. The number of nitrogens with zero attached hydrogens (tertiary/aromatic N) is 2. The Morgan fingerprint density at radius 3 is 2.58 bits per heavy atom. The number of nitrogens with one attached hydrogen (secondary N) is 1. The summed E-state index contributed by atoms with van der Waals surface area (Å²) in [6.45, 7) is 3.42. The highest BCUT2D eigenvalue weighted by atomic mass is 16.4. The number of carbonyl (C=O) groups is 1. The topological polar surface area (TPSA) is 88.2 Å². The van der Waals surface area contributed by atoms with E-state index in [1.165, 1.54) is 0 Å². The van der Waals surface area contributed by atoms with Gasteiger partial charge in [0.25, 0.3) is 5.91 Å². The van der Waals surface area contributed by atoms with Crippen LogP contribution in [0.1, 0.15) is 40.7 Å². The van der Waals surface area contributed by atoms with Gasteiger partial charge in [-0.15, -0.1) is 10.2 Å². The Morgan fingerprint density at radius 1 is 1.37 bits per heavy atom. The Hall–Kier alpha value is -2.21. The fourth-order valence-corrected chi connectivity index (χ4v) is 1.59. The van der Waals surface area contributed by atoms with Crippen molar-refractivity contribution in [2.24, 2.45) is 0 Å². The summed E-state index contributed by atoms with van der Waals surface area (Å²) < 4.78 is 5.25. The molecule has 0 aliphatic carbocycles. The van der Waals surface area contributed by atoms with Gasteiger partial charge < -0.3 is 14.8 Å². The van der Waals surface area contributed by atoms with Gasteiger partial charge in [-0.1, -0.05) is 12.1 Å². The van der Waals surface area contributed by atoms with Crippen LogP contribution >= 0.6 is 0 Å². The molecule has 100 valence electrons. The average molecular weight is 261 g/mol. The van der Waals surface area contributed by atoms with Crippen molar-refractivity contribution in [2.75, 3.05) is 0 Å². The molecule has 0 saturated heterocycles. The third-order valence-corrected chi connectivity index (χ3v) is 2.66. The predicted octanol–water partition coefficient (Wildman–Crippen LogP) is 1.36. The molecule has 2 aromatic rings. The minimum atomic E-state index is -0.355. The van der Waals surface area contributed by atoms with Crippen molar-refractivity contribution in [3.05, 3.63) is 47.2 Å². The number of amides is 1. The van der Waals surface area contributed by atoms with E-state index < -0.39 is 0 Å². The lowest BCUT2D eigenvalue weighted by atomic mass is 10.1. The third-order valence-electron chi connectivity index (χ3n) is 2.66. The van der Waals surface area contributed by atoms with Crippen LogP contribution in [0.5, 0.6) is 0 Å². The summed E-state index contributed by atoms with van der Waals surface area (Å²) in [5, 5.41) is 19.3. The quantitative estimate of drug-likeness (QED) is 0.867. The fourth-order valence-electron chi connectivity index (χ4n) is 1.59. The van der Waals surface area contributed by atoms with Gasteiger partial charge >= 0.3 is 0 Å². The van der Waals surface area contributed by atoms with E-state index in [1.807, 2.05) is 0 Å². The maximum Gasteiger partial charge on any atom is 0.251 e. The van der Waals surface area contributed by atoms with Crippen LogP contribution in [0, 0.1) is 6.92 Å². The summed E-state index contributed by atoms with van der Waals surface area (Å²) >= 11 is 0. The minimum Gasteiger partial charge on any atom is -0.423 e. The first kappa shape index (κ1) is 13.2. The van der Waals surface area contributed by atoms with E-state index in [-0.39, 0.29) is 18.6 Å². The third kappa shape index (κ3) is 3.17. The second-order valence-corrected chi connectivity index (χ2v) is 4.21. The second-order valence-electron chi connectivity index (χ2n) is 4.21. The van der Waals surface area contributed by atoms with E-state index in [0.29, 0.717) is 17.3 Å². The smallest absolute Gasteiger partial charge is 0.251 e. The Bertz CT molecular complexity index is 563. The number of carbonyl (C=O) groups excluding carboxylic acids is 1. The number of benzene rings is 1. The molecule has 1 heterocycles. The molecule has 1 atom stereocenters. The fraction of sp³-hybridized carbons (Fsp3) is 0.308. The van der Waals surface area contributed by atoms with Gasteiger partial charge in [-0.05, 0) is 24.6 Å². The zero-order valence-electron chi connectivity index (χ0n) is 10.8. The summed E-state index contributed by atoms with van der Waals surface area (Å²) in [6, 6.07) is 6.37. The van der Waals surface area contributed by atoms with Crippen LogP contribution in [-0.4, -0.2) is 21.2 Å². The van der Waals surface area contributed by atoms with E-state index in [9.17, 15) is 4.79 Å². The van der Waals surface area contributed by atoms with Gasteiger partial charge in [-0.2, -0.15) is 0 Å². The van der Waals surface area contributed by atoms with E-state index in [1.54, 1.807) is 38.1 Å². The zero-order chi connectivity index (χ0) is 13.8. The SMILES string of the molecule is Cc1nnc([C@@H](C)NC(=O)c2ccc(CO)cc2)o1. The van der Waals surface area contributed by atoms with E-state index >= 15 is 0 Å². The molecule has 0 bridgehead atoms. The lowest BCUT2D eigenvalue weighted by Gasteiger charge is -2.10. The molecule has 2 N–H and O–H groups in total. The molecule has 6 nitrogen and oxygen atoms in total. The first-order valence-corrected chi connectivity index (χ1v) is 5.91. The van der Waals surface area contributed by atoms with Crippen LogP contribution in [0.3, 0.4) is 0 Å². The number of hydrogen-bond donors (Lipinski definition) is 2. The lowest BCUT2D eigenvalue weighted by molar-refractivity contribution is 0.0934. The maximum atomic E-state index is 12.0. The van der Waals surface area contributed by atoms with Crippen molar-refractivity contribution in [1.82, 2.24) is 15.5 Å². The predicted molar refractivity (Wildman–Crippen MR) is 67.3 cm³/mol. The van der Waals surface area contributed by atoms with Gasteiger partial charge in [0.05, 0.1) is 6.61 Å². The van der Waals surface area contributed by atoms with E-state index in [2.05, 4.69) is 15.5 Å². The van der Waals surface area contributed by atoms with Gasteiger partial charge in [0.2, 0.25) is 11.8 Å². The molecule has 0 aliphatic rings. The summed E-state index contributed by atoms with van der Waals surface area (Å²) in [4.78, 5) is 12.0. The Kier molecular flexibility index (Phi) is 3.91. The standard InChI is InChI=1S/C13H15N3O3/c1-8(13-16-15-9(2)19-13)14-12(18)11-5-3-10(7-17)4-6-11/h3-6,8,17H,7H2,1-2H3,(H,14,18)/t8-/m1/s1. The molecule has 0 unspecified atom stereocenters. The molecule has 0 fully saturated rings. The molecule has 1 aromatic carbocycles. The van der Waals surface area contributed by atoms with Crippen LogP contribution in [0.4, 0.5) is 0 Å². The first-order chi connectivity index (χ1) is 9.10. The van der Waals surface area contributed by atoms with Crippen LogP contribution in [0.15, 0.2) is 28.7 Å². The largest absolute Gasteiger partial charge is 0.423 e. The van der Waals surface area contributed by atoms with Gasteiger partial charge in [0, 0.05) is 12.5 Å². The Morgan fingerprint density at radius 2 is 2.05 bits per heavy atom. The van der Waals surface area contributed by atoms with Gasteiger partial charge in [0.1, 0.15) is 6.04 Å². The Labute approximate surface area is 110 Å². The number of aromatic nitrogens is 2. The van der Waals surface area contributed by atoms with Crippen LogP contribution in [-0.2, 0) is 6.61 Å². The normalized spacial score (nSPS) is 12.2. The molecule has 0 radical (unpaired) electrons. The monoisotopic (exact) mass is 261 g/mol. The van der Waals surface area contributed by atoms with Crippen LogP contribution < -0.4 is 5.32 Å². The van der Waals surface area contributed by atoms with E-state index in [0.717, 1.165) is 5.56 Å². The van der Waals surface area contributed by atoms with Crippen molar-refractivity contribution in [3.8, 4) is 0 Å². The molecule has 0 aliphatic heterocycles. The summed E-state index contributed by atoms with van der Waals surface area (Å²) in [5.74, 6) is 0.606. The van der Waals surface area contributed by atoms with E-state index in [4.69, 9.17) is 9.52 Å². The number of aryl methyl sites for hydroxylation is 1. The molecule has 19 heavy (non-hydrogen) atoms. The summed E-state index contributed by atoms with van der Waals surface area (Å²) in [7, 11) is 0. The molecular formula is C13H15N3O3. The van der Waals surface area contributed by atoms with Crippen molar-refractivity contribution in [3.63, 3.8) is 0 Å². The number of aliphatic hydroxyl groups is 1. The number of hydrogen-bond acceptors (Lipinski definition) is 5. The summed E-state index contributed by atoms with van der Waals surface area (Å²) in [5.41, 5.74) is 1.28. The van der Waals surface area contributed by atoms with Crippen molar-refractivity contribution < 1.29 is 14.3 Å². The highest BCUT2D eigenvalue weighted by Crippen LogP contribution is 2.11. The van der Waals surface area contributed by atoms with Crippen molar-refractivity contribution in [1.29, 1.82) is 0 Å². The molecule has 1 amide bonds. The van der Waals surface area contributed by atoms with Gasteiger partial charge in [-0.3, -0.25) is 4.79 Å². The van der Waals surface area contributed by atoms with Gasteiger partial charge in [-0.25, -0.2) is 0 Å². The highest BCUT2D eigenvalue weighted by molar-refractivity contribution is 5.94. The van der Waals surface area contributed by atoms with Crippen LogP contribution in [0.2, 0.25) is 0 Å². The first-order valence-electron chi connectivity index (χ1n) is 5.91. The number of rotatable bonds is 4. The Balaban J connectivity index is 2.03. The minimum absolute atomic E-state index is 0.0421. The molecule has 6 heteroatoms.